The standard InChI is InChI=1S/C25H15NO4S2/c27-23-22(14-18-12-13-21(30-18)16-8-10-17(11-9-16)24(28)29)32-25(31)26(23)20-7-3-5-15-4-1-2-6-19(15)20/h1-14H,(H,28,29)/p-1/b22-14+. The first-order chi connectivity index (χ1) is 15.5. The first-order valence-electron chi connectivity index (χ1n) is 9.68. The van der Waals surface area contributed by atoms with Crippen molar-refractivity contribution in [2.24, 2.45) is 0 Å². The molecule has 32 heavy (non-hydrogen) atoms. The van der Waals surface area contributed by atoms with Crippen LogP contribution in [-0.2, 0) is 4.79 Å². The summed E-state index contributed by atoms with van der Waals surface area (Å²) in [7, 11) is 0. The highest BCUT2D eigenvalue weighted by molar-refractivity contribution is 8.27. The average Bonchev–Trinajstić information content (AvgIpc) is 3.38. The third-order valence-corrected chi connectivity index (χ3v) is 6.41. The van der Waals surface area contributed by atoms with Gasteiger partial charge in [-0.05, 0) is 29.1 Å². The van der Waals surface area contributed by atoms with Crippen LogP contribution in [0.5, 0.6) is 0 Å². The van der Waals surface area contributed by atoms with Crippen molar-refractivity contribution in [3.05, 3.63) is 95.1 Å². The van der Waals surface area contributed by atoms with E-state index in [1.807, 2.05) is 42.5 Å². The SMILES string of the molecule is O=C([O-])c1ccc(-c2ccc(/C=C3/SC(=S)N(c4cccc5ccccc45)C3=O)o2)cc1. The Hall–Kier alpha value is -3.68. The van der Waals surface area contributed by atoms with E-state index in [1.165, 1.54) is 23.9 Å². The summed E-state index contributed by atoms with van der Waals surface area (Å²) >= 11 is 6.74. The Bertz CT molecular complexity index is 1410. The Morgan fingerprint density at radius 1 is 0.969 bits per heavy atom. The van der Waals surface area contributed by atoms with Crippen LogP contribution in [0.25, 0.3) is 28.2 Å². The van der Waals surface area contributed by atoms with Gasteiger partial charge in [0.05, 0.1) is 16.6 Å². The van der Waals surface area contributed by atoms with Crippen LogP contribution in [0.4, 0.5) is 5.69 Å². The van der Waals surface area contributed by atoms with Crippen molar-refractivity contribution in [1.29, 1.82) is 0 Å². The van der Waals surface area contributed by atoms with Crippen LogP contribution in [0.3, 0.4) is 0 Å². The molecular formula is C25H14NO4S2-. The molecule has 3 aromatic carbocycles. The number of carboxylic acid groups (broad SMARTS) is 1. The van der Waals surface area contributed by atoms with E-state index in [1.54, 1.807) is 35.2 Å². The van der Waals surface area contributed by atoms with E-state index in [9.17, 15) is 14.7 Å². The minimum Gasteiger partial charge on any atom is -0.545 e. The maximum atomic E-state index is 13.2. The predicted octanol–water partition coefficient (Wildman–Crippen LogP) is 4.87. The normalized spacial score (nSPS) is 15.1. The zero-order valence-electron chi connectivity index (χ0n) is 16.5. The summed E-state index contributed by atoms with van der Waals surface area (Å²) < 4.78 is 6.32. The van der Waals surface area contributed by atoms with Crippen LogP contribution in [0, 0.1) is 0 Å². The molecule has 0 radical (unpaired) electrons. The summed E-state index contributed by atoms with van der Waals surface area (Å²) in [5, 5.41) is 12.9. The number of rotatable bonds is 4. The van der Waals surface area contributed by atoms with E-state index in [4.69, 9.17) is 16.6 Å². The van der Waals surface area contributed by atoms with Crippen LogP contribution in [-0.4, -0.2) is 16.2 Å². The van der Waals surface area contributed by atoms with Gasteiger partial charge in [0.25, 0.3) is 5.91 Å². The Balaban J connectivity index is 1.44. The van der Waals surface area contributed by atoms with Crippen LogP contribution in [0.1, 0.15) is 16.1 Å². The van der Waals surface area contributed by atoms with E-state index in [0.717, 1.165) is 22.0 Å². The molecule has 0 bridgehead atoms. The molecule has 0 unspecified atom stereocenters. The minimum atomic E-state index is -1.23. The summed E-state index contributed by atoms with van der Waals surface area (Å²) in [6.07, 6.45) is 1.67. The fourth-order valence-corrected chi connectivity index (χ4v) is 4.83. The van der Waals surface area contributed by atoms with E-state index in [0.29, 0.717) is 20.7 Å². The lowest BCUT2D eigenvalue weighted by atomic mass is 10.1. The van der Waals surface area contributed by atoms with Crippen LogP contribution < -0.4 is 10.0 Å². The second-order valence-corrected chi connectivity index (χ2v) is 8.76. The fourth-order valence-electron chi connectivity index (χ4n) is 3.56. The molecular weight excluding hydrogens is 442 g/mol. The monoisotopic (exact) mass is 456 g/mol. The van der Waals surface area contributed by atoms with Crippen molar-refractivity contribution >= 4 is 62.7 Å². The number of hydrogen-bond acceptors (Lipinski definition) is 6. The predicted molar refractivity (Wildman–Crippen MR) is 128 cm³/mol. The third-order valence-electron chi connectivity index (χ3n) is 5.11. The number of furan rings is 1. The Morgan fingerprint density at radius 3 is 2.50 bits per heavy atom. The number of thioether (sulfide) groups is 1. The maximum Gasteiger partial charge on any atom is 0.270 e. The highest BCUT2D eigenvalue weighted by Gasteiger charge is 2.34. The molecule has 0 aliphatic carbocycles. The van der Waals surface area contributed by atoms with Gasteiger partial charge in [0.15, 0.2) is 4.32 Å². The summed E-state index contributed by atoms with van der Waals surface area (Å²) in [6.45, 7) is 0. The molecule has 1 amide bonds. The van der Waals surface area contributed by atoms with Crippen molar-refractivity contribution in [3.63, 3.8) is 0 Å². The molecule has 1 aliphatic heterocycles. The molecule has 5 rings (SSSR count). The van der Waals surface area contributed by atoms with Gasteiger partial charge in [-0.2, -0.15) is 0 Å². The fraction of sp³-hybridized carbons (Fsp3) is 0. The third kappa shape index (κ3) is 3.62. The number of amides is 1. The summed E-state index contributed by atoms with van der Waals surface area (Å²) in [5.74, 6) is -0.370. The minimum absolute atomic E-state index is 0.0950. The molecule has 2 heterocycles. The number of carbonyl (C=O) groups excluding carboxylic acids is 2. The maximum absolute atomic E-state index is 13.2. The van der Waals surface area contributed by atoms with Gasteiger partial charge >= 0.3 is 0 Å². The van der Waals surface area contributed by atoms with E-state index in [2.05, 4.69) is 0 Å². The number of carbonyl (C=O) groups is 2. The molecule has 0 atom stereocenters. The molecule has 1 aromatic heterocycles. The molecule has 1 saturated heterocycles. The summed E-state index contributed by atoms with van der Waals surface area (Å²) in [5.41, 5.74) is 1.57. The van der Waals surface area contributed by atoms with Crippen molar-refractivity contribution in [3.8, 4) is 11.3 Å². The van der Waals surface area contributed by atoms with Crippen molar-refractivity contribution in [2.75, 3.05) is 4.90 Å². The number of anilines is 1. The Labute approximate surface area is 193 Å². The molecule has 5 nitrogen and oxygen atoms in total. The summed E-state index contributed by atoms with van der Waals surface area (Å²) in [4.78, 5) is 26.1. The van der Waals surface area contributed by atoms with E-state index >= 15 is 0 Å². The first kappa shape index (κ1) is 20.2. The molecule has 0 saturated carbocycles. The van der Waals surface area contributed by atoms with Gasteiger partial charge in [-0.15, -0.1) is 0 Å². The first-order valence-corrected chi connectivity index (χ1v) is 10.9. The molecule has 4 aromatic rings. The zero-order valence-corrected chi connectivity index (χ0v) is 18.1. The number of aromatic carboxylic acids is 1. The highest BCUT2D eigenvalue weighted by Crippen LogP contribution is 2.39. The number of hydrogen-bond donors (Lipinski definition) is 0. The Kier molecular flexibility index (Phi) is 5.13. The second-order valence-electron chi connectivity index (χ2n) is 7.08. The number of fused-ring (bicyclic) bond motifs is 1. The molecule has 1 fully saturated rings. The number of carboxylic acids is 1. The number of thiocarbonyl (C=S) groups is 1. The van der Waals surface area contributed by atoms with Gasteiger partial charge in [0.1, 0.15) is 11.5 Å². The van der Waals surface area contributed by atoms with Gasteiger partial charge in [-0.3, -0.25) is 9.69 Å². The van der Waals surface area contributed by atoms with Gasteiger partial charge < -0.3 is 14.3 Å². The number of nitrogens with zero attached hydrogens (tertiary/aromatic N) is 1. The van der Waals surface area contributed by atoms with Gasteiger partial charge in [0, 0.05) is 17.0 Å². The molecule has 1 aliphatic rings. The Morgan fingerprint density at radius 2 is 1.72 bits per heavy atom. The van der Waals surface area contributed by atoms with Crippen LogP contribution in [0.15, 0.2) is 88.2 Å². The average molecular weight is 457 g/mol. The van der Waals surface area contributed by atoms with E-state index < -0.39 is 5.97 Å². The zero-order chi connectivity index (χ0) is 22.2. The molecule has 0 N–H and O–H groups in total. The largest absolute Gasteiger partial charge is 0.545 e. The van der Waals surface area contributed by atoms with Gasteiger partial charge in [0.2, 0.25) is 0 Å². The molecule has 0 spiro atoms. The van der Waals surface area contributed by atoms with Crippen LogP contribution in [0.2, 0.25) is 0 Å². The van der Waals surface area contributed by atoms with Crippen molar-refractivity contribution < 1.29 is 19.1 Å². The van der Waals surface area contributed by atoms with Crippen LogP contribution >= 0.6 is 24.0 Å². The lowest BCUT2D eigenvalue weighted by molar-refractivity contribution is -0.255. The van der Waals surface area contributed by atoms with Crippen molar-refractivity contribution in [1.82, 2.24) is 0 Å². The summed E-state index contributed by atoms with van der Waals surface area (Å²) in [6, 6.07) is 23.4. The van der Waals surface area contributed by atoms with Gasteiger partial charge in [-0.25, -0.2) is 0 Å². The number of benzene rings is 3. The van der Waals surface area contributed by atoms with Crippen molar-refractivity contribution in [2.45, 2.75) is 0 Å². The van der Waals surface area contributed by atoms with E-state index in [-0.39, 0.29) is 11.5 Å². The smallest absolute Gasteiger partial charge is 0.270 e. The van der Waals surface area contributed by atoms with Gasteiger partial charge in [-0.1, -0.05) is 84.6 Å². The quantitative estimate of drug-likeness (QED) is 0.322. The second kappa shape index (κ2) is 8.11. The molecule has 156 valence electrons. The highest BCUT2D eigenvalue weighted by atomic mass is 32.2. The lowest BCUT2D eigenvalue weighted by Gasteiger charge is -2.17. The topological polar surface area (TPSA) is 73.6 Å². The molecule has 7 heteroatoms. The lowest BCUT2D eigenvalue weighted by Crippen LogP contribution is -2.27.